The van der Waals surface area contributed by atoms with Crippen LogP contribution in [-0.2, 0) is 0 Å². The molecule has 0 amide bonds. The second-order valence-corrected chi connectivity index (χ2v) is 2.98. The lowest BCUT2D eigenvalue weighted by atomic mass is 10.2. The first kappa shape index (κ1) is 8.97. The molecule has 3 nitrogen and oxygen atoms in total. The van der Waals surface area contributed by atoms with Crippen LogP contribution in [0.15, 0.2) is 0 Å². The van der Waals surface area contributed by atoms with Gasteiger partial charge in [-0.3, -0.25) is 0 Å². The molecule has 2 N–H and O–H groups in total. The summed E-state index contributed by atoms with van der Waals surface area (Å²) in [5.41, 5.74) is 5.65. The Kier molecular flexibility index (Phi) is 3.30. The van der Waals surface area contributed by atoms with E-state index in [0.29, 0.717) is 6.04 Å². The lowest BCUT2D eigenvalue weighted by Crippen LogP contribution is -2.43. The van der Waals surface area contributed by atoms with E-state index in [0.717, 1.165) is 19.6 Å². The van der Waals surface area contributed by atoms with Crippen molar-refractivity contribution in [1.29, 1.82) is 0 Å². The summed E-state index contributed by atoms with van der Waals surface area (Å²) >= 11 is 0. The third-order valence-corrected chi connectivity index (χ3v) is 2.47. The van der Waals surface area contributed by atoms with E-state index in [4.69, 9.17) is 5.73 Å². The summed E-state index contributed by atoms with van der Waals surface area (Å²) in [5.74, 6) is 0. The fourth-order valence-electron chi connectivity index (χ4n) is 1.84. The summed E-state index contributed by atoms with van der Waals surface area (Å²) in [4.78, 5) is 0. The summed E-state index contributed by atoms with van der Waals surface area (Å²) in [6, 6.07) is 0.597. The first-order valence-corrected chi connectivity index (χ1v) is 4.55. The molecular weight excluding hydrogens is 138 g/mol. The molecule has 1 aliphatic rings. The second kappa shape index (κ2) is 4.04. The van der Waals surface area contributed by atoms with Gasteiger partial charge in [0, 0.05) is 32.2 Å². The molecule has 0 aromatic carbocycles. The van der Waals surface area contributed by atoms with Gasteiger partial charge in [-0.15, -0.1) is 0 Å². The molecule has 1 saturated heterocycles. The third kappa shape index (κ3) is 1.72. The van der Waals surface area contributed by atoms with Crippen molar-refractivity contribution in [2.75, 3.05) is 26.2 Å². The zero-order valence-electron chi connectivity index (χ0n) is 7.58. The van der Waals surface area contributed by atoms with Crippen LogP contribution in [0.25, 0.3) is 0 Å². The average molecular weight is 157 g/mol. The molecule has 1 atom stereocenters. The minimum atomic E-state index is 0.597. The highest BCUT2D eigenvalue weighted by atomic mass is 15.7. The van der Waals surface area contributed by atoms with Gasteiger partial charge in [-0.25, -0.2) is 10.0 Å². The fraction of sp³-hybridized carbons (Fsp3) is 1.00. The van der Waals surface area contributed by atoms with Crippen LogP contribution in [0.4, 0.5) is 0 Å². The fourth-order valence-corrected chi connectivity index (χ4v) is 1.84. The molecule has 0 radical (unpaired) electrons. The largest absolute Gasteiger partial charge is 0.329 e. The Morgan fingerprint density at radius 3 is 2.55 bits per heavy atom. The van der Waals surface area contributed by atoms with E-state index in [1.54, 1.807) is 0 Å². The van der Waals surface area contributed by atoms with Gasteiger partial charge in [0.15, 0.2) is 0 Å². The molecule has 1 heterocycles. The zero-order chi connectivity index (χ0) is 8.27. The van der Waals surface area contributed by atoms with E-state index in [1.165, 1.54) is 13.0 Å². The van der Waals surface area contributed by atoms with Crippen molar-refractivity contribution in [2.45, 2.75) is 26.3 Å². The van der Waals surface area contributed by atoms with Gasteiger partial charge in [0.05, 0.1) is 0 Å². The maximum Gasteiger partial charge on any atom is 0.0381 e. The van der Waals surface area contributed by atoms with Gasteiger partial charge >= 0.3 is 0 Å². The van der Waals surface area contributed by atoms with Crippen molar-refractivity contribution in [3.63, 3.8) is 0 Å². The summed E-state index contributed by atoms with van der Waals surface area (Å²) in [6.07, 6.45) is 1.23. The zero-order valence-corrected chi connectivity index (χ0v) is 7.58. The summed E-state index contributed by atoms with van der Waals surface area (Å²) in [6.45, 7) is 8.58. The van der Waals surface area contributed by atoms with Crippen LogP contribution in [0, 0.1) is 0 Å². The molecule has 11 heavy (non-hydrogen) atoms. The van der Waals surface area contributed by atoms with Crippen molar-refractivity contribution >= 4 is 0 Å². The van der Waals surface area contributed by atoms with E-state index in [9.17, 15) is 0 Å². The smallest absolute Gasteiger partial charge is 0.0381 e. The van der Waals surface area contributed by atoms with Crippen LogP contribution < -0.4 is 5.73 Å². The van der Waals surface area contributed by atoms with E-state index in [2.05, 4.69) is 23.9 Å². The van der Waals surface area contributed by atoms with E-state index in [-0.39, 0.29) is 0 Å². The van der Waals surface area contributed by atoms with E-state index >= 15 is 0 Å². The molecule has 1 aliphatic heterocycles. The Balaban J connectivity index is 2.48. The molecule has 1 rings (SSSR count). The monoisotopic (exact) mass is 157 g/mol. The first-order valence-electron chi connectivity index (χ1n) is 4.55. The molecule has 66 valence electrons. The molecule has 3 heteroatoms. The van der Waals surface area contributed by atoms with Crippen LogP contribution >= 0.6 is 0 Å². The highest BCUT2D eigenvalue weighted by Gasteiger charge is 2.27. The number of likely N-dealkylation sites (N-methyl/N-ethyl adjacent to an activating group) is 1. The average Bonchev–Trinajstić information content (AvgIpc) is 2.45. The standard InChI is InChI=1S/C8H19N3/c1-3-10-6-5-8(7-9)11(10)4-2/h8H,3-7,9H2,1-2H3/t8-/m0/s1. The predicted octanol–water partition coefficient (Wildman–Crippen LogP) is 0.276. The van der Waals surface area contributed by atoms with Crippen molar-refractivity contribution in [1.82, 2.24) is 10.0 Å². The third-order valence-electron chi connectivity index (χ3n) is 2.47. The Morgan fingerprint density at radius 2 is 2.09 bits per heavy atom. The van der Waals surface area contributed by atoms with Crippen molar-refractivity contribution in [3.8, 4) is 0 Å². The lowest BCUT2D eigenvalue weighted by molar-refractivity contribution is 0.00954. The SMILES string of the molecule is CCN1CC[C@@H](CN)N1CC. The van der Waals surface area contributed by atoms with E-state index < -0.39 is 0 Å². The number of nitrogens with two attached hydrogens (primary N) is 1. The van der Waals surface area contributed by atoms with Gasteiger partial charge in [-0.05, 0) is 6.42 Å². The van der Waals surface area contributed by atoms with Crippen molar-refractivity contribution in [2.24, 2.45) is 5.73 Å². The van der Waals surface area contributed by atoms with Crippen LogP contribution in [0.2, 0.25) is 0 Å². The maximum absolute atomic E-state index is 5.65. The molecule has 0 aromatic heterocycles. The van der Waals surface area contributed by atoms with Gasteiger partial charge in [0.1, 0.15) is 0 Å². The van der Waals surface area contributed by atoms with Crippen molar-refractivity contribution < 1.29 is 0 Å². The molecule has 0 aliphatic carbocycles. The lowest BCUT2D eigenvalue weighted by Gasteiger charge is -2.29. The van der Waals surface area contributed by atoms with Crippen molar-refractivity contribution in [3.05, 3.63) is 0 Å². The molecule has 0 aromatic rings. The number of hydrazine groups is 1. The van der Waals surface area contributed by atoms with Crippen LogP contribution in [0.5, 0.6) is 0 Å². The van der Waals surface area contributed by atoms with Gasteiger partial charge in [-0.2, -0.15) is 0 Å². The van der Waals surface area contributed by atoms with Gasteiger partial charge in [-0.1, -0.05) is 13.8 Å². The molecule has 1 fully saturated rings. The topological polar surface area (TPSA) is 32.5 Å². The van der Waals surface area contributed by atoms with Crippen LogP contribution in [0.3, 0.4) is 0 Å². The van der Waals surface area contributed by atoms with Gasteiger partial charge in [0.25, 0.3) is 0 Å². The quantitative estimate of drug-likeness (QED) is 0.638. The molecule has 0 bridgehead atoms. The first-order chi connectivity index (χ1) is 5.33. The molecule has 0 unspecified atom stereocenters. The summed E-state index contributed by atoms with van der Waals surface area (Å²) in [5, 5.41) is 4.78. The Morgan fingerprint density at radius 1 is 1.36 bits per heavy atom. The Bertz CT molecular complexity index is 104. The maximum atomic E-state index is 5.65. The minimum absolute atomic E-state index is 0.597. The van der Waals surface area contributed by atoms with E-state index in [1.807, 2.05) is 0 Å². The van der Waals surface area contributed by atoms with Gasteiger partial charge < -0.3 is 5.73 Å². The Labute approximate surface area is 69.1 Å². The number of rotatable bonds is 3. The van der Waals surface area contributed by atoms with Gasteiger partial charge in [0.2, 0.25) is 0 Å². The highest BCUT2D eigenvalue weighted by molar-refractivity contribution is 4.77. The molecule has 0 spiro atoms. The predicted molar refractivity (Wildman–Crippen MR) is 47.1 cm³/mol. The summed E-state index contributed by atoms with van der Waals surface area (Å²) < 4.78 is 0. The highest BCUT2D eigenvalue weighted by Crippen LogP contribution is 2.15. The molecule has 0 saturated carbocycles. The normalized spacial score (nSPS) is 28.1. The number of hydrogen-bond donors (Lipinski definition) is 1. The number of hydrogen-bond acceptors (Lipinski definition) is 3. The molecular formula is C8H19N3. The summed E-state index contributed by atoms with van der Waals surface area (Å²) in [7, 11) is 0. The minimum Gasteiger partial charge on any atom is -0.329 e. The van der Waals surface area contributed by atoms with Crippen LogP contribution in [-0.4, -0.2) is 42.2 Å². The second-order valence-electron chi connectivity index (χ2n) is 2.98. The number of nitrogens with zero attached hydrogens (tertiary/aromatic N) is 2. The Hall–Kier alpha value is -0.120. The van der Waals surface area contributed by atoms with Crippen LogP contribution in [0.1, 0.15) is 20.3 Å².